The predicted molar refractivity (Wildman–Crippen MR) is 73.0 cm³/mol. The molecular formula is C14H21N3. The summed E-state index contributed by atoms with van der Waals surface area (Å²) in [6.45, 7) is 5.92. The van der Waals surface area contributed by atoms with Crippen LogP contribution in [-0.2, 0) is 0 Å². The number of rotatable bonds is 6. The molecule has 0 radical (unpaired) electrons. The van der Waals surface area contributed by atoms with E-state index in [1.165, 1.54) is 5.56 Å². The first kappa shape index (κ1) is 13.5. The molecule has 0 amide bonds. The van der Waals surface area contributed by atoms with Gasteiger partial charge < -0.3 is 10.2 Å². The van der Waals surface area contributed by atoms with Gasteiger partial charge in [-0.25, -0.2) is 4.98 Å². The summed E-state index contributed by atoms with van der Waals surface area (Å²) in [5.41, 5.74) is 1.20. The first-order chi connectivity index (χ1) is 8.19. The van der Waals surface area contributed by atoms with Crippen molar-refractivity contribution in [1.82, 2.24) is 10.3 Å². The van der Waals surface area contributed by atoms with Crippen molar-refractivity contribution in [1.29, 1.82) is 0 Å². The van der Waals surface area contributed by atoms with Crippen molar-refractivity contribution >= 4 is 5.82 Å². The zero-order valence-electron chi connectivity index (χ0n) is 10.9. The fourth-order valence-electron chi connectivity index (χ4n) is 1.58. The zero-order chi connectivity index (χ0) is 12.7. The number of anilines is 1. The number of terminal acetylenes is 1. The van der Waals surface area contributed by atoms with Crippen LogP contribution in [0.5, 0.6) is 0 Å². The maximum atomic E-state index is 5.27. The van der Waals surface area contributed by atoms with E-state index < -0.39 is 0 Å². The smallest absolute Gasteiger partial charge is 0.129 e. The highest BCUT2D eigenvalue weighted by Crippen LogP contribution is 2.14. The van der Waals surface area contributed by atoms with E-state index in [-0.39, 0.29) is 0 Å². The van der Waals surface area contributed by atoms with Gasteiger partial charge in [0.15, 0.2) is 0 Å². The van der Waals surface area contributed by atoms with Gasteiger partial charge in [0.05, 0.1) is 6.54 Å². The average molecular weight is 231 g/mol. The molecule has 0 aliphatic carbocycles. The predicted octanol–water partition coefficient (Wildman–Crippen LogP) is 2.21. The molecule has 0 fully saturated rings. The van der Waals surface area contributed by atoms with Gasteiger partial charge in [-0.2, -0.15) is 0 Å². The van der Waals surface area contributed by atoms with Gasteiger partial charge in [-0.3, -0.25) is 0 Å². The number of aromatic nitrogens is 1. The van der Waals surface area contributed by atoms with Crippen molar-refractivity contribution < 1.29 is 0 Å². The fourth-order valence-corrected chi connectivity index (χ4v) is 1.58. The van der Waals surface area contributed by atoms with Crippen molar-refractivity contribution in [3.05, 3.63) is 23.9 Å². The van der Waals surface area contributed by atoms with E-state index in [4.69, 9.17) is 6.42 Å². The summed E-state index contributed by atoms with van der Waals surface area (Å²) in [5, 5.41) is 3.44. The highest BCUT2D eigenvalue weighted by Gasteiger charge is 2.06. The first-order valence-corrected chi connectivity index (χ1v) is 6.03. The van der Waals surface area contributed by atoms with Crippen LogP contribution in [0.25, 0.3) is 0 Å². The monoisotopic (exact) mass is 231 g/mol. The summed E-state index contributed by atoms with van der Waals surface area (Å²) in [5.74, 6) is 3.52. The van der Waals surface area contributed by atoms with Gasteiger partial charge in [-0.05, 0) is 31.5 Å². The molecule has 1 rings (SSSR count). The molecule has 92 valence electrons. The average Bonchev–Trinajstić information content (AvgIpc) is 2.36. The normalized spacial score (nSPS) is 11.9. The molecule has 1 N–H and O–H groups in total. The van der Waals surface area contributed by atoms with E-state index >= 15 is 0 Å². The summed E-state index contributed by atoms with van der Waals surface area (Å²) >= 11 is 0. The van der Waals surface area contributed by atoms with Crippen LogP contribution in [0, 0.1) is 12.3 Å². The molecule has 0 bridgehead atoms. The van der Waals surface area contributed by atoms with Crippen LogP contribution < -0.4 is 10.2 Å². The molecule has 1 atom stereocenters. The Morgan fingerprint density at radius 3 is 2.82 bits per heavy atom. The maximum Gasteiger partial charge on any atom is 0.129 e. The van der Waals surface area contributed by atoms with Crippen LogP contribution in [-0.4, -0.2) is 25.1 Å². The Balaban J connectivity index is 2.64. The third-order valence-electron chi connectivity index (χ3n) is 2.69. The van der Waals surface area contributed by atoms with Crippen LogP contribution in [0.4, 0.5) is 5.82 Å². The largest absolute Gasteiger partial charge is 0.349 e. The van der Waals surface area contributed by atoms with Crippen LogP contribution in [0.3, 0.4) is 0 Å². The molecule has 17 heavy (non-hydrogen) atoms. The summed E-state index contributed by atoms with van der Waals surface area (Å²) in [6, 6.07) is 4.45. The van der Waals surface area contributed by atoms with E-state index in [2.05, 4.69) is 36.1 Å². The lowest BCUT2D eigenvalue weighted by Gasteiger charge is -2.17. The minimum Gasteiger partial charge on any atom is -0.349 e. The van der Waals surface area contributed by atoms with Crippen LogP contribution in [0.1, 0.15) is 31.9 Å². The Kier molecular flexibility index (Phi) is 5.51. The minimum absolute atomic E-state index is 0.342. The molecule has 0 saturated carbocycles. The van der Waals surface area contributed by atoms with Gasteiger partial charge in [0.25, 0.3) is 0 Å². The molecule has 1 aromatic rings. The standard InChI is InChI=1S/C14H21N3/c1-5-9-15-12(3)13-7-8-14(16-11-13)17(4)10-6-2/h2,7-8,11-12,15H,5,9-10H2,1,3-4H3. The molecule has 0 aliphatic heterocycles. The maximum absolute atomic E-state index is 5.27. The Hall–Kier alpha value is -1.53. The number of nitrogens with one attached hydrogen (secondary N) is 1. The van der Waals surface area contributed by atoms with Crippen molar-refractivity contribution in [2.24, 2.45) is 0 Å². The topological polar surface area (TPSA) is 28.2 Å². The Morgan fingerprint density at radius 1 is 1.53 bits per heavy atom. The summed E-state index contributed by atoms with van der Waals surface area (Å²) < 4.78 is 0. The van der Waals surface area contributed by atoms with E-state index in [9.17, 15) is 0 Å². The highest BCUT2D eigenvalue weighted by molar-refractivity contribution is 5.40. The number of hydrogen-bond acceptors (Lipinski definition) is 3. The molecule has 1 heterocycles. The Labute approximate surface area is 104 Å². The third kappa shape index (κ3) is 4.08. The fraction of sp³-hybridized carbons (Fsp3) is 0.500. The summed E-state index contributed by atoms with van der Waals surface area (Å²) in [7, 11) is 1.95. The molecule has 0 spiro atoms. The zero-order valence-corrected chi connectivity index (χ0v) is 10.9. The number of pyridine rings is 1. The molecule has 1 aromatic heterocycles. The summed E-state index contributed by atoms with van der Waals surface area (Å²) in [6.07, 6.45) is 8.32. The van der Waals surface area contributed by atoms with Crippen molar-refractivity contribution in [2.45, 2.75) is 26.3 Å². The second-order valence-corrected chi connectivity index (χ2v) is 4.19. The number of nitrogens with zero attached hydrogens (tertiary/aromatic N) is 2. The van der Waals surface area contributed by atoms with Gasteiger partial charge in [-0.15, -0.1) is 6.42 Å². The second kappa shape index (κ2) is 6.93. The van der Waals surface area contributed by atoms with E-state index in [1.54, 1.807) is 0 Å². The lowest BCUT2D eigenvalue weighted by Crippen LogP contribution is -2.21. The van der Waals surface area contributed by atoms with Gasteiger partial charge in [0, 0.05) is 19.3 Å². The Bertz CT molecular complexity index is 364. The molecule has 1 unspecified atom stereocenters. The van der Waals surface area contributed by atoms with Crippen molar-refractivity contribution in [3.8, 4) is 12.3 Å². The molecule has 0 aromatic carbocycles. The van der Waals surface area contributed by atoms with E-state index in [0.717, 1.165) is 18.8 Å². The Morgan fingerprint density at radius 2 is 2.29 bits per heavy atom. The summed E-state index contributed by atoms with van der Waals surface area (Å²) in [4.78, 5) is 6.37. The molecule has 0 aliphatic rings. The van der Waals surface area contributed by atoms with Crippen LogP contribution in [0.15, 0.2) is 18.3 Å². The minimum atomic E-state index is 0.342. The van der Waals surface area contributed by atoms with Crippen molar-refractivity contribution in [2.75, 3.05) is 25.0 Å². The van der Waals surface area contributed by atoms with Gasteiger partial charge >= 0.3 is 0 Å². The van der Waals surface area contributed by atoms with Gasteiger partial charge in [0.1, 0.15) is 5.82 Å². The molecule has 3 nitrogen and oxygen atoms in total. The number of hydrogen-bond donors (Lipinski definition) is 1. The third-order valence-corrected chi connectivity index (χ3v) is 2.69. The molecular weight excluding hydrogens is 210 g/mol. The van der Waals surface area contributed by atoms with Gasteiger partial charge in [0.2, 0.25) is 0 Å². The van der Waals surface area contributed by atoms with Crippen LogP contribution >= 0.6 is 0 Å². The quantitative estimate of drug-likeness (QED) is 0.761. The highest BCUT2D eigenvalue weighted by atomic mass is 15.1. The van der Waals surface area contributed by atoms with E-state index in [1.807, 2.05) is 24.2 Å². The molecule has 3 heteroatoms. The van der Waals surface area contributed by atoms with Crippen LogP contribution in [0.2, 0.25) is 0 Å². The lowest BCUT2D eigenvalue weighted by molar-refractivity contribution is 0.569. The second-order valence-electron chi connectivity index (χ2n) is 4.19. The van der Waals surface area contributed by atoms with E-state index in [0.29, 0.717) is 12.6 Å². The van der Waals surface area contributed by atoms with Crippen molar-refractivity contribution in [3.63, 3.8) is 0 Å². The SMILES string of the molecule is C#CCN(C)c1ccc(C(C)NCCC)cn1. The lowest BCUT2D eigenvalue weighted by atomic mass is 10.1. The van der Waals surface area contributed by atoms with Gasteiger partial charge in [-0.1, -0.05) is 18.9 Å². The first-order valence-electron chi connectivity index (χ1n) is 6.03. The molecule has 0 saturated heterocycles.